The van der Waals surface area contributed by atoms with Gasteiger partial charge in [-0.15, -0.1) is 0 Å². The zero-order chi connectivity index (χ0) is 15.7. The Morgan fingerprint density at radius 1 is 1.36 bits per heavy atom. The van der Waals surface area contributed by atoms with E-state index in [-0.39, 0.29) is 29.7 Å². The number of carbonyl (C=O) groups is 2. The van der Waals surface area contributed by atoms with Gasteiger partial charge in [-0.25, -0.2) is 4.39 Å². The summed E-state index contributed by atoms with van der Waals surface area (Å²) in [5, 5.41) is 12.0. The fourth-order valence-electron chi connectivity index (χ4n) is 2.81. The van der Waals surface area contributed by atoms with Crippen molar-refractivity contribution in [1.82, 2.24) is 5.32 Å². The number of aliphatic carboxylic acids is 1. The van der Waals surface area contributed by atoms with Gasteiger partial charge in [0.15, 0.2) is 17.2 Å². The van der Waals surface area contributed by atoms with Crippen molar-refractivity contribution >= 4 is 22.8 Å². The van der Waals surface area contributed by atoms with Gasteiger partial charge >= 0.3 is 5.97 Å². The number of fused-ring (bicyclic) bond motifs is 1. The third-order valence-corrected chi connectivity index (χ3v) is 4.06. The van der Waals surface area contributed by atoms with Gasteiger partial charge in [0.1, 0.15) is 0 Å². The zero-order valence-electron chi connectivity index (χ0n) is 11.8. The molecule has 5 nitrogen and oxygen atoms in total. The van der Waals surface area contributed by atoms with E-state index in [0.717, 1.165) is 12.8 Å². The minimum atomic E-state index is -0.795. The first-order valence-corrected chi connectivity index (χ1v) is 7.23. The number of hydrogen-bond donors (Lipinski definition) is 2. The largest absolute Gasteiger partial charge is 0.481 e. The SMILES string of the molecule is O=C(O)CCC1CC(NC(=O)c2cc3cccc(F)c3o2)C1. The van der Waals surface area contributed by atoms with Crippen LogP contribution in [0.2, 0.25) is 0 Å². The molecule has 6 heteroatoms. The van der Waals surface area contributed by atoms with Crippen LogP contribution in [0, 0.1) is 11.7 Å². The molecule has 0 saturated heterocycles. The summed E-state index contributed by atoms with van der Waals surface area (Å²) in [6, 6.07) is 6.09. The van der Waals surface area contributed by atoms with E-state index in [1.165, 1.54) is 12.1 Å². The lowest BCUT2D eigenvalue weighted by molar-refractivity contribution is -0.137. The van der Waals surface area contributed by atoms with Crippen molar-refractivity contribution in [2.24, 2.45) is 5.92 Å². The second-order valence-electron chi connectivity index (χ2n) is 5.71. The van der Waals surface area contributed by atoms with Crippen molar-refractivity contribution in [3.8, 4) is 0 Å². The molecule has 0 bridgehead atoms. The van der Waals surface area contributed by atoms with Crippen molar-refractivity contribution in [2.45, 2.75) is 31.7 Å². The molecule has 1 heterocycles. The molecule has 1 aromatic heterocycles. The third kappa shape index (κ3) is 2.95. The molecule has 3 rings (SSSR count). The van der Waals surface area contributed by atoms with E-state index in [2.05, 4.69) is 5.32 Å². The van der Waals surface area contributed by atoms with Gasteiger partial charge in [0.05, 0.1) is 0 Å². The molecule has 22 heavy (non-hydrogen) atoms. The second kappa shape index (κ2) is 5.79. The van der Waals surface area contributed by atoms with E-state index in [4.69, 9.17) is 9.52 Å². The monoisotopic (exact) mass is 305 g/mol. The molecule has 0 radical (unpaired) electrons. The molecule has 1 fully saturated rings. The van der Waals surface area contributed by atoms with Crippen molar-refractivity contribution in [3.63, 3.8) is 0 Å². The molecular weight excluding hydrogens is 289 g/mol. The summed E-state index contributed by atoms with van der Waals surface area (Å²) in [5.74, 6) is -1.22. The van der Waals surface area contributed by atoms with Crippen LogP contribution in [0.3, 0.4) is 0 Å². The van der Waals surface area contributed by atoms with Gasteiger partial charge in [0.25, 0.3) is 5.91 Å². The second-order valence-corrected chi connectivity index (χ2v) is 5.71. The van der Waals surface area contributed by atoms with Crippen molar-refractivity contribution in [3.05, 3.63) is 35.8 Å². The van der Waals surface area contributed by atoms with E-state index < -0.39 is 11.8 Å². The molecule has 0 spiro atoms. The summed E-state index contributed by atoms with van der Waals surface area (Å²) >= 11 is 0. The fourth-order valence-corrected chi connectivity index (χ4v) is 2.81. The molecule has 1 saturated carbocycles. The fraction of sp³-hybridized carbons (Fsp3) is 0.375. The molecule has 1 aliphatic carbocycles. The number of hydrogen-bond acceptors (Lipinski definition) is 3. The number of carboxylic acid groups (broad SMARTS) is 1. The summed E-state index contributed by atoms with van der Waals surface area (Å²) in [7, 11) is 0. The highest BCUT2D eigenvalue weighted by molar-refractivity contribution is 5.96. The number of para-hydroxylation sites is 1. The van der Waals surface area contributed by atoms with E-state index in [1.807, 2.05) is 0 Å². The van der Waals surface area contributed by atoms with Gasteiger partial charge in [-0.1, -0.05) is 12.1 Å². The van der Waals surface area contributed by atoms with Gasteiger partial charge in [-0.2, -0.15) is 0 Å². The molecule has 1 aromatic carbocycles. The molecule has 2 aromatic rings. The van der Waals surface area contributed by atoms with Gasteiger partial charge in [-0.05, 0) is 37.3 Å². The van der Waals surface area contributed by atoms with Gasteiger partial charge < -0.3 is 14.8 Å². The Labute approximate surface area is 126 Å². The summed E-state index contributed by atoms with van der Waals surface area (Å²) in [6.07, 6.45) is 2.34. The lowest BCUT2D eigenvalue weighted by Crippen LogP contribution is -2.44. The number of furan rings is 1. The molecule has 2 N–H and O–H groups in total. The van der Waals surface area contributed by atoms with Gasteiger partial charge in [0, 0.05) is 17.8 Å². The Hall–Kier alpha value is -2.37. The van der Waals surface area contributed by atoms with Gasteiger partial charge in [-0.3, -0.25) is 9.59 Å². The Balaban J connectivity index is 1.56. The number of carbonyl (C=O) groups excluding carboxylic acids is 1. The van der Waals surface area contributed by atoms with E-state index in [1.54, 1.807) is 12.1 Å². The minimum Gasteiger partial charge on any atom is -0.481 e. The number of rotatable bonds is 5. The normalized spacial score (nSPS) is 20.6. The van der Waals surface area contributed by atoms with Crippen molar-refractivity contribution in [2.75, 3.05) is 0 Å². The number of benzene rings is 1. The maximum Gasteiger partial charge on any atom is 0.303 e. The Bertz CT molecular complexity index is 718. The molecular formula is C16H16FNO4. The number of nitrogens with one attached hydrogen (secondary N) is 1. The maximum absolute atomic E-state index is 13.5. The molecule has 0 aliphatic heterocycles. The van der Waals surface area contributed by atoms with E-state index >= 15 is 0 Å². The van der Waals surface area contributed by atoms with Crippen LogP contribution in [0.15, 0.2) is 28.7 Å². The first-order chi connectivity index (χ1) is 10.5. The van der Waals surface area contributed by atoms with Crippen molar-refractivity contribution < 1.29 is 23.5 Å². The predicted molar refractivity (Wildman–Crippen MR) is 77.0 cm³/mol. The predicted octanol–water partition coefficient (Wildman–Crippen LogP) is 2.95. The Morgan fingerprint density at radius 3 is 2.82 bits per heavy atom. The smallest absolute Gasteiger partial charge is 0.303 e. The van der Waals surface area contributed by atoms with Crippen LogP contribution in [0.5, 0.6) is 0 Å². The number of amides is 1. The zero-order valence-corrected chi connectivity index (χ0v) is 11.8. The van der Waals surface area contributed by atoms with Crippen LogP contribution in [-0.4, -0.2) is 23.0 Å². The topological polar surface area (TPSA) is 79.5 Å². The van der Waals surface area contributed by atoms with Crippen LogP contribution >= 0.6 is 0 Å². The van der Waals surface area contributed by atoms with Crippen LogP contribution in [0.4, 0.5) is 4.39 Å². The maximum atomic E-state index is 13.5. The Morgan fingerprint density at radius 2 is 2.14 bits per heavy atom. The average molecular weight is 305 g/mol. The lowest BCUT2D eigenvalue weighted by atomic mass is 9.77. The van der Waals surface area contributed by atoms with Gasteiger partial charge in [0.2, 0.25) is 0 Å². The summed E-state index contributed by atoms with van der Waals surface area (Å²) in [5.41, 5.74) is 0.0839. The third-order valence-electron chi connectivity index (χ3n) is 4.06. The first kappa shape index (κ1) is 14.6. The van der Waals surface area contributed by atoms with Crippen molar-refractivity contribution in [1.29, 1.82) is 0 Å². The van der Waals surface area contributed by atoms with Crippen LogP contribution in [0.1, 0.15) is 36.2 Å². The number of halogens is 1. The van der Waals surface area contributed by atoms with Crippen LogP contribution in [-0.2, 0) is 4.79 Å². The average Bonchev–Trinajstić information content (AvgIpc) is 2.86. The number of carboxylic acids is 1. The molecule has 0 unspecified atom stereocenters. The Kier molecular flexibility index (Phi) is 3.83. The molecule has 0 atom stereocenters. The summed E-state index contributed by atoms with van der Waals surface area (Å²) < 4.78 is 18.8. The lowest BCUT2D eigenvalue weighted by Gasteiger charge is -2.35. The standard InChI is InChI=1S/C16H16FNO4/c17-12-3-1-2-10-8-13(22-15(10)12)16(21)18-11-6-9(7-11)4-5-14(19)20/h1-3,8-9,11H,4-7H2,(H,18,21)(H,19,20). The quantitative estimate of drug-likeness (QED) is 0.890. The molecule has 1 amide bonds. The van der Waals surface area contributed by atoms with Crippen LogP contribution < -0.4 is 5.32 Å². The van der Waals surface area contributed by atoms with Crippen LogP contribution in [0.25, 0.3) is 11.0 Å². The molecule has 116 valence electrons. The van der Waals surface area contributed by atoms with E-state index in [0.29, 0.717) is 17.7 Å². The minimum absolute atomic E-state index is 0.0318. The summed E-state index contributed by atoms with van der Waals surface area (Å²) in [6.45, 7) is 0. The molecule has 1 aliphatic rings. The highest BCUT2D eigenvalue weighted by Crippen LogP contribution is 2.31. The van der Waals surface area contributed by atoms with E-state index in [9.17, 15) is 14.0 Å². The highest BCUT2D eigenvalue weighted by atomic mass is 19.1. The highest BCUT2D eigenvalue weighted by Gasteiger charge is 2.31. The summed E-state index contributed by atoms with van der Waals surface area (Å²) in [4.78, 5) is 22.6. The first-order valence-electron chi connectivity index (χ1n) is 7.23.